The van der Waals surface area contributed by atoms with E-state index in [0.29, 0.717) is 0 Å². The molecule has 0 aliphatic rings. The summed E-state index contributed by atoms with van der Waals surface area (Å²) < 4.78 is 23.0. The van der Waals surface area contributed by atoms with Gasteiger partial charge in [0.15, 0.2) is 0 Å². The number of halogens is 1. The quantitative estimate of drug-likeness (QED) is 0.638. The Labute approximate surface area is 134 Å². The number of thiophene rings is 1. The van der Waals surface area contributed by atoms with E-state index in [2.05, 4.69) is 26.6 Å². The van der Waals surface area contributed by atoms with Crippen LogP contribution in [0, 0.1) is 0 Å². The number of carboxylic acids is 1. The fourth-order valence-corrected chi connectivity index (χ4v) is 3.47. The molecule has 0 aromatic carbocycles. The van der Waals surface area contributed by atoms with E-state index in [4.69, 9.17) is 5.11 Å². The first-order chi connectivity index (χ1) is 9.67. The first kappa shape index (κ1) is 17.9. The van der Waals surface area contributed by atoms with Gasteiger partial charge in [-0.15, -0.1) is 11.3 Å². The zero-order valence-electron chi connectivity index (χ0n) is 11.1. The molecule has 0 bridgehead atoms. The number of rotatable bonds is 7. The molecule has 0 aliphatic carbocycles. The minimum atomic E-state index is -3.28. The monoisotopic (exact) mass is 398 g/mol. The van der Waals surface area contributed by atoms with Crippen LogP contribution in [0.5, 0.6) is 0 Å². The van der Waals surface area contributed by atoms with Gasteiger partial charge >= 0.3 is 12.0 Å². The summed E-state index contributed by atoms with van der Waals surface area (Å²) in [6, 6.07) is -0.0567. The van der Waals surface area contributed by atoms with Gasteiger partial charge in [0.25, 0.3) is 0 Å². The molecule has 0 spiro atoms. The molecule has 0 saturated heterocycles. The molecule has 10 heteroatoms. The number of urea groups is 1. The lowest BCUT2D eigenvalue weighted by atomic mass is 10.2. The second kappa shape index (κ2) is 7.76. The Hall–Kier alpha value is -1.13. The zero-order chi connectivity index (χ0) is 16.0. The Bertz CT molecular complexity index is 614. The fourth-order valence-electron chi connectivity index (χ4n) is 1.41. The zero-order valence-corrected chi connectivity index (χ0v) is 14.3. The second-order valence-corrected chi connectivity index (χ2v) is 8.54. The summed E-state index contributed by atoms with van der Waals surface area (Å²) in [5.41, 5.74) is 0. The van der Waals surface area contributed by atoms with E-state index in [-0.39, 0.29) is 18.7 Å². The number of nitrogens with one attached hydrogen (secondary N) is 2. The van der Waals surface area contributed by atoms with Crippen molar-refractivity contribution in [3.8, 4) is 0 Å². The molecule has 21 heavy (non-hydrogen) atoms. The largest absolute Gasteiger partial charge is 0.480 e. The Morgan fingerprint density at radius 1 is 1.48 bits per heavy atom. The van der Waals surface area contributed by atoms with E-state index in [9.17, 15) is 18.0 Å². The normalized spacial score (nSPS) is 12.7. The molecule has 0 saturated carbocycles. The van der Waals surface area contributed by atoms with Crippen LogP contribution in [-0.4, -0.2) is 43.6 Å². The standard InChI is InChI=1S/C11H15BrN2O5S2/c1-21(18,19)3-2-9(10(15)16)14-11(17)13-5-8-4-7(12)6-20-8/h4,6,9H,2-3,5H2,1H3,(H,15,16)(H2,13,14,17). The van der Waals surface area contributed by atoms with Crippen LogP contribution in [0.15, 0.2) is 15.9 Å². The van der Waals surface area contributed by atoms with Crippen molar-refractivity contribution >= 4 is 49.1 Å². The number of aliphatic carboxylic acids is 1. The van der Waals surface area contributed by atoms with Gasteiger partial charge in [0.2, 0.25) is 0 Å². The third-order valence-corrected chi connectivity index (χ3v) is 5.10. The highest BCUT2D eigenvalue weighted by molar-refractivity contribution is 9.10. The highest BCUT2D eigenvalue weighted by Crippen LogP contribution is 2.19. The van der Waals surface area contributed by atoms with E-state index in [1.54, 1.807) is 0 Å². The molecule has 118 valence electrons. The van der Waals surface area contributed by atoms with Crippen molar-refractivity contribution in [1.29, 1.82) is 0 Å². The van der Waals surface area contributed by atoms with Crippen LogP contribution in [0.4, 0.5) is 4.79 Å². The van der Waals surface area contributed by atoms with Crippen molar-refractivity contribution in [2.24, 2.45) is 0 Å². The topological polar surface area (TPSA) is 113 Å². The molecule has 1 rings (SSSR count). The number of carbonyl (C=O) groups is 2. The number of hydrogen-bond acceptors (Lipinski definition) is 5. The maximum atomic E-state index is 11.6. The van der Waals surface area contributed by atoms with Gasteiger partial charge in [0.05, 0.1) is 12.3 Å². The van der Waals surface area contributed by atoms with Crippen molar-refractivity contribution in [3.05, 3.63) is 20.8 Å². The Morgan fingerprint density at radius 3 is 2.62 bits per heavy atom. The molecule has 7 nitrogen and oxygen atoms in total. The maximum Gasteiger partial charge on any atom is 0.326 e. The highest BCUT2D eigenvalue weighted by Gasteiger charge is 2.21. The highest BCUT2D eigenvalue weighted by atomic mass is 79.9. The van der Waals surface area contributed by atoms with Gasteiger partial charge in [-0.3, -0.25) is 0 Å². The van der Waals surface area contributed by atoms with E-state index >= 15 is 0 Å². The molecule has 1 aromatic rings. The summed E-state index contributed by atoms with van der Waals surface area (Å²) >= 11 is 4.73. The maximum absolute atomic E-state index is 11.6. The third kappa shape index (κ3) is 7.44. The van der Waals surface area contributed by atoms with Crippen LogP contribution < -0.4 is 10.6 Å². The van der Waals surface area contributed by atoms with Crippen LogP contribution in [0.25, 0.3) is 0 Å². The third-order valence-electron chi connectivity index (χ3n) is 2.43. The van der Waals surface area contributed by atoms with Crippen LogP contribution >= 0.6 is 27.3 Å². The minimum Gasteiger partial charge on any atom is -0.480 e. The molecule has 3 N–H and O–H groups in total. The molecule has 1 aromatic heterocycles. The molecule has 0 fully saturated rings. The Kier molecular flexibility index (Phi) is 6.62. The van der Waals surface area contributed by atoms with Gasteiger partial charge in [-0.2, -0.15) is 0 Å². The molecule has 1 atom stereocenters. The van der Waals surface area contributed by atoms with Gasteiger partial charge in [-0.25, -0.2) is 18.0 Å². The van der Waals surface area contributed by atoms with Crippen molar-refractivity contribution in [2.75, 3.05) is 12.0 Å². The first-order valence-electron chi connectivity index (χ1n) is 5.85. The van der Waals surface area contributed by atoms with Crippen LogP contribution in [0.2, 0.25) is 0 Å². The van der Waals surface area contributed by atoms with Gasteiger partial charge < -0.3 is 15.7 Å². The van der Waals surface area contributed by atoms with E-state index in [1.165, 1.54) is 11.3 Å². The van der Waals surface area contributed by atoms with Gasteiger partial charge in [0.1, 0.15) is 15.9 Å². The predicted molar refractivity (Wildman–Crippen MR) is 83.1 cm³/mol. The smallest absolute Gasteiger partial charge is 0.326 e. The average molecular weight is 399 g/mol. The molecule has 1 heterocycles. The lowest BCUT2D eigenvalue weighted by molar-refractivity contribution is -0.139. The van der Waals surface area contributed by atoms with E-state index < -0.39 is 27.9 Å². The number of amides is 2. The van der Waals surface area contributed by atoms with Gasteiger partial charge in [0, 0.05) is 21.0 Å². The number of sulfone groups is 1. The van der Waals surface area contributed by atoms with Crippen molar-refractivity contribution in [2.45, 2.75) is 19.0 Å². The molecule has 1 unspecified atom stereocenters. The number of carbonyl (C=O) groups excluding carboxylic acids is 1. The van der Waals surface area contributed by atoms with Gasteiger partial charge in [-0.05, 0) is 28.4 Å². The minimum absolute atomic E-state index is 0.174. The molecule has 0 radical (unpaired) electrons. The summed E-state index contributed by atoms with van der Waals surface area (Å²) in [4.78, 5) is 23.5. The van der Waals surface area contributed by atoms with Crippen LogP contribution in [-0.2, 0) is 21.2 Å². The summed E-state index contributed by atoms with van der Waals surface area (Å²) in [7, 11) is -3.28. The molecule has 0 aliphatic heterocycles. The lowest BCUT2D eigenvalue weighted by Crippen LogP contribution is -2.46. The van der Waals surface area contributed by atoms with Gasteiger partial charge in [-0.1, -0.05) is 0 Å². The average Bonchev–Trinajstić information content (AvgIpc) is 2.76. The fraction of sp³-hybridized carbons (Fsp3) is 0.455. The second-order valence-electron chi connectivity index (χ2n) is 4.37. The van der Waals surface area contributed by atoms with Crippen molar-refractivity contribution in [3.63, 3.8) is 0 Å². The van der Waals surface area contributed by atoms with E-state index in [1.807, 2.05) is 11.4 Å². The lowest BCUT2D eigenvalue weighted by Gasteiger charge is -2.14. The van der Waals surface area contributed by atoms with Crippen molar-refractivity contribution in [1.82, 2.24) is 10.6 Å². The Balaban J connectivity index is 2.47. The summed E-state index contributed by atoms with van der Waals surface area (Å²) in [5, 5.41) is 15.6. The number of carboxylic acid groups (broad SMARTS) is 1. The molecular formula is C11H15BrN2O5S2. The predicted octanol–water partition coefficient (Wildman–Crippen LogP) is 1.20. The van der Waals surface area contributed by atoms with E-state index in [0.717, 1.165) is 15.6 Å². The Morgan fingerprint density at radius 2 is 2.14 bits per heavy atom. The van der Waals surface area contributed by atoms with Crippen LogP contribution in [0.3, 0.4) is 0 Å². The molecular weight excluding hydrogens is 384 g/mol. The van der Waals surface area contributed by atoms with Crippen molar-refractivity contribution < 1.29 is 23.1 Å². The summed E-state index contributed by atoms with van der Waals surface area (Å²) in [6.45, 7) is 0.264. The van der Waals surface area contributed by atoms with Crippen LogP contribution in [0.1, 0.15) is 11.3 Å². The molecule has 2 amide bonds. The SMILES string of the molecule is CS(=O)(=O)CCC(NC(=O)NCc1cc(Br)cs1)C(=O)O. The number of hydrogen-bond donors (Lipinski definition) is 3. The summed E-state index contributed by atoms with van der Waals surface area (Å²) in [5.74, 6) is -1.57. The summed E-state index contributed by atoms with van der Waals surface area (Å²) in [6.07, 6.45) is 0.840. The first-order valence-corrected chi connectivity index (χ1v) is 9.58.